The molecule has 0 bridgehead atoms. The molecule has 1 aliphatic heterocycles. The van der Waals surface area contributed by atoms with Crippen molar-refractivity contribution in [3.63, 3.8) is 0 Å². The normalized spacial score (nSPS) is 19.1. The third-order valence-electron chi connectivity index (χ3n) is 4.22. The number of carbonyl (C=O) groups excluding carboxylic acids is 2. The van der Waals surface area contributed by atoms with Crippen LogP contribution >= 0.6 is 0 Å². The van der Waals surface area contributed by atoms with Crippen LogP contribution in [-0.4, -0.2) is 25.3 Å². The van der Waals surface area contributed by atoms with Crippen molar-refractivity contribution in [3.8, 4) is 0 Å². The summed E-state index contributed by atoms with van der Waals surface area (Å²) in [4.78, 5) is 22.7. The van der Waals surface area contributed by atoms with Gasteiger partial charge >= 0.3 is 6.16 Å². The Hall–Kier alpha value is -2.30. The van der Waals surface area contributed by atoms with Crippen molar-refractivity contribution >= 4 is 17.6 Å². The van der Waals surface area contributed by atoms with Crippen LogP contribution in [0.15, 0.2) is 24.3 Å². The van der Waals surface area contributed by atoms with E-state index in [0.717, 1.165) is 30.4 Å². The number of ether oxygens (including phenoxy) is 2. The summed E-state index contributed by atoms with van der Waals surface area (Å²) < 4.78 is 9.88. The maximum absolute atomic E-state index is 11.7. The monoisotopic (exact) mass is 301 g/mol. The van der Waals surface area contributed by atoms with E-state index in [9.17, 15) is 9.59 Å². The van der Waals surface area contributed by atoms with E-state index in [0.29, 0.717) is 18.8 Å². The first-order chi connectivity index (χ1) is 10.6. The fourth-order valence-corrected chi connectivity index (χ4v) is 3.00. The molecule has 5 nitrogen and oxygen atoms in total. The zero-order chi connectivity index (χ0) is 15.5. The van der Waals surface area contributed by atoms with Crippen molar-refractivity contribution in [2.45, 2.75) is 31.6 Å². The van der Waals surface area contributed by atoms with Gasteiger partial charge in [0.25, 0.3) is 0 Å². The van der Waals surface area contributed by atoms with Gasteiger partial charge in [0.15, 0.2) is 0 Å². The zero-order valence-electron chi connectivity index (χ0n) is 12.3. The molecule has 2 aliphatic rings. The first-order valence-electron chi connectivity index (χ1n) is 7.58. The van der Waals surface area contributed by atoms with Crippen LogP contribution in [-0.2, 0) is 9.47 Å². The highest BCUT2D eigenvalue weighted by Gasteiger charge is 2.24. The Morgan fingerprint density at radius 1 is 1.18 bits per heavy atom. The van der Waals surface area contributed by atoms with Crippen LogP contribution in [0.25, 0.3) is 5.57 Å². The molecule has 1 saturated heterocycles. The van der Waals surface area contributed by atoms with Gasteiger partial charge in [-0.3, -0.25) is 4.79 Å². The Labute approximate surface area is 129 Å². The lowest BCUT2D eigenvalue weighted by Crippen LogP contribution is -2.26. The predicted octanol–water partition coefficient (Wildman–Crippen LogP) is 2.99. The van der Waals surface area contributed by atoms with Gasteiger partial charge in [0.1, 0.15) is 13.2 Å². The van der Waals surface area contributed by atoms with Crippen LogP contribution in [0.5, 0.6) is 0 Å². The van der Waals surface area contributed by atoms with E-state index in [1.54, 1.807) is 6.07 Å². The van der Waals surface area contributed by atoms with Crippen LogP contribution in [0.2, 0.25) is 0 Å². The van der Waals surface area contributed by atoms with E-state index in [1.807, 2.05) is 12.1 Å². The van der Waals surface area contributed by atoms with Gasteiger partial charge in [0, 0.05) is 5.56 Å². The van der Waals surface area contributed by atoms with Gasteiger partial charge in [-0.1, -0.05) is 18.2 Å². The molecular weight excluding hydrogens is 282 g/mol. The molecule has 1 aliphatic carbocycles. The lowest BCUT2D eigenvalue weighted by molar-refractivity contribution is 0.00721. The molecule has 0 aromatic heterocycles. The van der Waals surface area contributed by atoms with Crippen molar-refractivity contribution in [3.05, 3.63) is 41.0 Å². The van der Waals surface area contributed by atoms with Gasteiger partial charge < -0.3 is 15.2 Å². The summed E-state index contributed by atoms with van der Waals surface area (Å²) in [5.74, 6) is -0.429. The Balaban J connectivity index is 1.94. The van der Waals surface area contributed by atoms with Gasteiger partial charge in [-0.2, -0.15) is 0 Å². The molecule has 116 valence electrons. The van der Waals surface area contributed by atoms with Crippen LogP contribution in [0, 0.1) is 0 Å². The number of amides is 1. The summed E-state index contributed by atoms with van der Waals surface area (Å²) in [6.45, 7) is 0.598. The Morgan fingerprint density at radius 2 is 1.95 bits per heavy atom. The van der Waals surface area contributed by atoms with Crippen molar-refractivity contribution in [2.24, 2.45) is 5.73 Å². The van der Waals surface area contributed by atoms with Crippen LogP contribution in [0.4, 0.5) is 4.79 Å². The molecule has 0 unspecified atom stereocenters. The summed E-state index contributed by atoms with van der Waals surface area (Å²) in [6, 6.07) is 5.61. The van der Waals surface area contributed by atoms with Crippen molar-refractivity contribution < 1.29 is 19.1 Å². The number of primary amides is 1. The second-order valence-electron chi connectivity index (χ2n) is 5.71. The van der Waals surface area contributed by atoms with Gasteiger partial charge in [-0.15, -0.1) is 0 Å². The minimum atomic E-state index is -0.625. The fraction of sp³-hybridized carbons (Fsp3) is 0.412. The molecule has 0 spiro atoms. The third kappa shape index (κ3) is 2.98. The average Bonchev–Trinajstić information content (AvgIpc) is 2.56. The Kier molecular flexibility index (Phi) is 4.13. The summed E-state index contributed by atoms with van der Waals surface area (Å²) >= 11 is 0. The molecule has 5 heteroatoms. The highest BCUT2D eigenvalue weighted by atomic mass is 16.7. The van der Waals surface area contributed by atoms with Crippen LogP contribution < -0.4 is 5.73 Å². The van der Waals surface area contributed by atoms with Crippen LogP contribution in [0.1, 0.15) is 53.1 Å². The second-order valence-corrected chi connectivity index (χ2v) is 5.71. The summed E-state index contributed by atoms with van der Waals surface area (Å²) in [5.41, 5.74) is 9.13. The molecule has 1 fully saturated rings. The number of hydrogen-bond acceptors (Lipinski definition) is 4. The van der Waals surface area contributed by atoms with Crippen molar-refractivity contribution in [2.75, 3.05) is 13.2 Å². The molecule has 1 heterocycles. The molecule has 1 aromatic rings. The number of carbonyl (C=O) groups is 2. The van der Waals surface area contributed by atoms with Gasteiger partial charge in [0.05, 0.1) is 5.92 Å². The summed E-state index contributed by atoms with van der Waals surface area (Å²) in [6.07, 6.45) is 5.86. The van der Waals surface area contributed by atoms with E-state index in [-0.39, 0.29) is 5.92 Å². The average molecular weight is 301 g/mol. The largest absolute Gasteiger partial charge is 0.508 e. The SMILES string of the molecule is NC(=O)c1ccc(C2COC(=O)OC2)cc1C1=CCCCC1. The first-order valence-corrected chi connectivity index (χ1v) is 7.58. The molecular formula is C17H19NO4. The van der Waals surface area contributed by atoms with E-state index >= 15 is 0 Å². The van der Waals surface area contributed by atoms with E-state index in [1.165, 1.54) is 12.0 Å². The molecule has 2 N–H and O–H groups in total. The smallest absolute Gasteiger partial charge is 0.434 e. The summed E-state index contributed by atoms with van der Waals surface area (Å²) in [5, 5.41) is 0. The second kappa shape index (κ2) is 6.22. The number of allylic oxidation sites excluding steroid dienone is 2. The molecule has 0 saturated carbocycles. The standard InChI is InChI=1S/C17H19NO4/c18-16(19)14-7-6-12(13-9-21-17(20)22-10-13)8-15(14)11-4-2-1-3-5-11/h4,6-8,13H,1-3,5,9-10H2,(H2,18,19). The Morgan fingerprint density at radius 3 is 2.59 bits per heavy atom. The Bertz CT molecular complexity index is 626. The van der Waals surface area contributed by atoms with Crippen LogP contribution in [0.3, 0.4) is 0 Å². The van der Waals surface area contributed by atoms with Gasteiger partial charge in [0.2, 0.25) is 5.91 Å². The predicted molar refractivity (Wildman–Crippen MR) is 81.4 cm³/mol. The first kappa shape index (κ1) is 14.6. The van der Waals surface area contributed by atoms with E-state index in [4.69, 9.17) is 15.2 Å². The van der Waals surface area contributed by atoms with Crippen molar-refractivity contribution in [1.29, 1.82) is 0 Å². The quantitative estimate of drug-likeness (QED) is 0.870. The molecule has 22 heavy (non-hydrogen) atoms. The number of cyclic esters (lactones) is 2. The molecule has 1 aromatic carbocycles. The molecule has 3 rings (SSSR count). The molecule has 1 amide bonds. The number of rotatable bonds is 3. The van der Waals surface area contributed by atoms with E-state index < -0.39 is 12.1 Å². The molecule has 0 atom stereocenters. The van der Waals surface area contributed by atoms with Crippen molar-refractivity contribution in [1.82, 2.24) is 0 Å². The number of benzene rings is 1. The maximum atomic E-state index is 11.7. The third-order valence-corrected chi connectivity index (χ3v) is 4.22. The minimum absolute atomic E-state index is 0.0115. The zero-order valence-corrected chi connectivity index (χ0v) is 12.3. The number of nitrogens with two attached hydrogens (primary N) is 1. The summed E-state index contributed by atoms with van der Waals surface area (Å²) in [7, 11) is 0. The number of hydrogen-bond donors (Lipinski definition) is 1. The fourth-order valence-electron chi connectivity index (χ4n) is 3.00. The van der Waals surface area contributed by atoms with E-state index in [2.05, 4.69) is 6.08 Å². The maximum Gasteiger partial charge on any atom is 0.508 e. The lowest BCUT2D eigenvalue weighted by atomic mass is 9.87. The lowest BCUT2D eigenvalue weighted by Gasteiger charge is -2.23. The highest BCUT2D eigenvalue weighted by Crippen LogP contribution is 2.32. The highest BCUT2D eigenvalue weighted by molar-refractivity contribution is 5.98. The van der Waals surface area contributed by atoms with Gasteiger partial charge in [-0.25, -0.2) is 4.79 Å². The minimum Gasteiger partial charge on any atom is -0.434 e. The molecule has 0 radical (unpaired) electrons. The van der Waals surface area contributed by atoms with Gasteiger partial charge in [-0.05, 0) is 48.4 Å². The topological polar surface area (TPSA) is 78.6 Å².